The molecule has 0 bridgehead atoms. The minimum absolute atomic E-state index is 0.240. The number of nitrogens with zero attached hydrogens (tertiary/aromatic N) is 3. The molecule has 3 aromatic rings. The van der Waals surface area contributed by atoms with E-state index >= 15 is 0 Å². The molecule has 0 unspecified atom stereocenters. The molecule has 0 aliphatic rings. The summed E-state index contributed by atoms with van der Waals surface area (Å²) in [5, 5.41) is 3.50. The standard InChI is InChI=1S/C13H15ClN6S/c1-7-8(2-3-15)21-11-10(7)19-13(14)20-12(11)18-6-9-16-4-5-17-9/h4-5H,2-3,6,15H2,1H3,(H,16,17)(H,18,19,20). The van der Waals surface area contributed by atoms with E-state index in [0.29, 0.717) is 13.1 Å². The van der Waals surface area contributed by atoms with Crippen LogP contribution in [-0.4, -0.2) is 26.5 Å². The van der Waals surface area contributed by atoms with Crippen molar-refractivity contribution in [2.24, 2.45) is 5.73 Å². The van der Waals surface area contributed by atoms with Gasteiger partial charge in [-0.2, -0.15) is 4.98 Å². The van der Waals surface area contributed by atoms with E-state index in [4.69, 9.17) is 17.3 Å². The van der Waals surface area contributed by atoms with Gasteiger partial charge in [-0.3, -0.25) is 0 Å². The molecule has 0 radical (unpaired) electrons. The second-order valence-electron chi connectivity index (χ2n) is 4.60. The Morgan fingerprint density at radius 2 is 2.29 bits per heavy atom. The van der Waals surface area contributed by atoms with E-state index in [2.05, 4.69) is 25.3 Å². The first-order valence-electron chi connectivity index (χ1n) is 6.56. The van der Waals surface area contributed by atoms with Crippen molar-refractivity contribution in [2.45, 2.75) is 19.9 Å². The third kappa shape index (κ3) is 2.85. The van der Waals surface area contributed by atoms with Crippen molar-refractivity contribution in [1.29, 1.82) is 0 Å². The molecular formula is C13H15ClN6S. The van der Waals surface area contributed by atoms with E-state index in [1.165, 1.54) is 4.88 Å². The largest absolute Gasteiger partial charge is 0.362 e. The Kier molecular flexibility index (Phi) is 4.05. The Bertz CT molecular complexity index is 752. The number of H-pyrrole nitrogens is 1. The number of imidazole rings is 1. The molecule has 21 heavy (non-hydrogen) atoms. The lowest BCUT2D eigenvalue weighted by molar-refractivity contribution is 0.980. The third-order valence-corrected chi connectivity index (χ3v) is 4.70. The molecule has 0 aromatic carbocycles. The fraction of sp³-hybridized carbons (Fsp3) is 0.308. The van der Waals surface area contributed by atoms with Gasteiger partial charge in [0.05, 0.1) is 16.8 Å². The van der Waals surface area contributed by atoms with Crippen LogP contribution in [0, 0.1) is 6.92 Å². The highest BCUT2D eigenvalue weighted by Crippen LogP contribution is 2.34. The minimum Gasteiger partial charge on any atom is -0.362 e. The second kappa shape index (κ2) is 5.97. The first kappa shape index (κ1) is 14.2. The number of aromatic nitrogens is 4. The Hall–Kier alpha value is -1.70. The van der Waals surface area contributed by atoms with E-state index in [0.717, 1.165) is 33.8 Å². The number of fused-ring (bicyclic) bond motifs is 1. The number of aryl methyl sites for hydroxylation is 1. The van der Waals surface area contributed by atoms with Crippen LogP contribution < -0.4 is 11.1 Å². The molecule has 0 fully saturated rings. The van der Waals surface area contributed by atoms with Crippen molar-refractivity contribution in [3.63, 3.8) is 0 Å². The van der Waals surface area contributed by atoms with Crippen molar-refractivity contribution in [1.82, 2.24) is 19.9 Å². The monoisotopic (exact) mass is 322 g/mol. The first-order chi connectivity index (χ1) is 10.2. The average molecular weight is 323 g/mol. The van der Waals surface area contributed by atoms with Crippen LogP contribution in [0.3, 0.4) is 0 Å². The van der Waals surface area contributed by atoms with Gasteiger partial charge in [-0.15, -0.1) is 11.3 Å². The predicted octanol–water partition coefficient (Wildman–Crippen LogP) is 2.49. The molecule has 0 spiro atoms. The highest BCUT2D eigenvalue weighted by atomic mass is 35.5. The van der Waals surface area contributed by atoms with Crippen LogP contribution in [0.4, 0.5) is 5.82 Å². The van der Waals surface area contributed by atoms with E-state index in [1.807, 2.05) is 6.92 Å². The van der Waals surface area contributed by atoms with Gasteiger partial charge in [-0.25, -0.2) is 9.97 Å². The maximum Gasteiger partial charge on any atom is 0.224 e. The summed E-state index contributed by atoms with van der Waals surface area (Å²) in [7, 11) is 0. The molecule has 110 valence electrons. The zero-order chi connectivity index (χ0) is 14.8. The summed E-state index contributed by atoms with van der Waals surface area (Å²) in [6.45, 7) is 3.21. The summed E-state index contributed by atoms with van der Waals surface area (Å²) in [5.74, 6) is 1.58. The third-order valence-electron chi connectivity index (χ3n) is 3.19. The fourth-order valence-corrected chi connectivity index (χ4v) is 3.55. The number of halogens is 1. The Labute approximate surface area is 130 Å². The number of anilines is 1. The number of nitrogens with two attached hydrogens (primary N) is 1. The van der Waals surface area contributed by atoms with Crippen LogP contribution in [0.1, 0.15) is 16.3 Å². The number of aromatic amines is 1. The summed E-state index contributed by atoms with van der Waals surface area (Å²) in [5.41, 5.74) is 7.68. The highest BCUT2D eigenvalue weighted by molar-refractivity contribution is 7.19. The molecule has 0 saturated carbocycles. The van der Waals surface area contributed by atoms with E-state index in [9.17, 15) is 0 Å². The average Bonchev–Trinajstić information content (AvgIpc) is 3.07. The molecule has 3 aromatic heterocycles. The minimum atomic E-state index is 0.240. The van der Waals surface area contributed by atoms with Gasteiger partial charge in [0.1, 0.15) is 11.6 Å². The van der Waals surface area contributed by atoms with Gasteiger partial charge in [0.25, 0.3) is 0 Å². The first-order valence-corrected chi connectivity index (χ1v) is 7.76. The molecule has 0 atom stereocenters. The lowest BCUT2D eigenvalue weighted by Gasteiger charge is -2.05. The van der Waals surface area contributed by atoms with Crippen molar-refractivity contribution in [3.05, 3.63) is 33.9 Å². The molecule has 0 aliphatic heterocycles. The number of hydrogen-bond donors (Lipinski definition) is 3. The molecule has 4 N–H and O–H groups in total. The van der Waals surface area contributed by atoms with Gasteiger partial charge in [-0.05, 0) is 37.1 Å². The van der Waals surface area contributed by atoms with Crippen molar-refractivity contribution < 1.29 is 0 Å². The molecule has 0 amide bonds. The lowest BCUT2D eigenvalue weighted by atomic mass is 10.2. The second-order valence-corrected chi connectivity index (χ2v) is 6.04. The molecule has 3 heterocycles. The van der Waals surface area contributed by atoms with E-state index in [1.54, 1.807) is 23.7 Å². The van der Waals surface area contributed by atoms with Gasteiger partial charge < -0.3 is 16.0 Å². The maximum atomic E-state index is 6.04. The van der Waals surface area contributed by atoms with Gasteiger partial charge in [0, 0.05) is 17.3 Å². The maximum absolute atomic E-state index is 6.04. The zero-order valence-electron chi connectivity index (χ0n) is 11.5. The van der Waals surface area contributed by atoms with Crippen molar-refractivity contribution in [2.75, 3.05) is 11.9 Å². The molecule has 0 saturated heterocycles. The summed E-state index contributed by atoms with van der Waals surface area (Å²) < 4.78 is 1.01. The number of nitrogens with one attached hydrogen (secondary N) is 2. The molecular weight excluding hydrogens is 308 g/mol. The van der Waals surface area contributed by atoms with Crippen LogP contribution in [0.15, 0.2) is 12.4 Å². The van der Waals surface area contributed by atoms with E-state index < -0.39 is 0 Å². The number of thiophene rings is 1. The Morgan fingerprint density at radius 1 is 1.43 bits per heavy atom. The number of hydrogen-bond acceptors (Lipinski definition) is 6. The molecule has 8 heteroatoms. The summed E-state index contributed by atoms with van der Waals surface area (Å²) >= 11 is 7.70. The van der Waals surface area contributed by atoms with Gasteiger partial charge in [-0.1, -0.05) is 0 Å². The summed E-state index contributed by atoms with van der Waals surface area (Å²) in [6, 6.07) is 0. The molecule has 3 rings (SSSR count). The highest BCUT2D eigenvalue weighted by Gasteiger charge is 2.15. The zero-order valence-corrected chi connectivity index (χ0v) is 13.1. The Balaban J connectivity index is 1.98. The predicted molar refractivity (Wildman–Crippen MR) is 85.8 cm³/mol. The van der Waals surface area contributed by atoms with Gasteiger partial charge >= 0.3 is 0 Å². The van der Waals surface area contributed by atoms with Crippen LogP contribution in [0.25, 0.3) is 10.2 Å². The van der Waals surface area contributed by atoms with Crippen LogP contribution >= 0.6 is 22.9 Å². The summed E-state index contributed by atoms with van der Waals surface area (Å²) in [6.07, 6.45) is 4.34. The van der Waals surface area contributed by atoms with Gasteiger partial charge in [0.15, 0.2) is 0 Å². The normalized spacial score (nSPS) is 11.2. The topological polar surface area (TPSA) is 92.5 Å². The van der Waals surface area contributed by atoms with Gasteiger partial charge in [0.2, 0.25) is 5.28 Å². The summed E-state index contributed by atoms with van der Waals surface area (Å²) in [4.78, 5) is 17.1. The SMILES string of the molecule is Cc1c(CCN)sc2c(NCc3ncc[nH]3)nc(Cl)nc12. The number of rotatable bonds is 5. The molecule has 0 aliphatic carbocycles. The lowest BCUT2D eigenvalue weighted by Crippen LogP contribution is -2.03. The van der Waals surface area contributed by atoms with Crippen LogP contribution in [0.5, 0.6) is 0 Å². The quantitative estimate of drug-likeness (QED) is 0.628. The molecule has 6 nitrogen and oxygen atoms in total. The smallest absolute Gasteiger partial charge is 0.224 e. The Morgan fingerprint density at radius 3 is 3.00 bits per heavy atom. The van der Waals surface area contributed by atoms with Crippen molar-refractivity contribution in [3.8, 4) is 0 Å². The van der Waals surface area contributed by atoms with Crippen LogP contribution in [0.2, 0.25) is 5.28 Å². The fourth-order valence-electron chi connectivity index (χ4n) is 2.16. The van der Waals surface area contributed by atoms with E-state index in [-0.39, 0.29) is 5.28 Å². The van der Waals surface area contributed by atoms with Crippen molar-refractivity contribution >= 4 is 39.0 Å². The van der Waals surface area contributed by atoms with Crippen LogP contribution in [-0.2, 0) is 13.0 Å².